The van der Waals surface area contributed by atoms with E-state index < -0.39 is 11.9 Å². The fourth-order valence-electron chi connectivity index (χ4n) is 2.83. The third-order valence-electron chi connectivity index (χ3n) is 4.16. The number of hydrogen-bond acceptors (Lipinski definition) is 3. The van der Waals surface area contributed by atoms with Crippen LogP contribution in [-0.4, -0.2) is 17.9 Å². The topological polar surface area (TPSA) is 96.0 Å². The zero-order valence-electron chi connectivity index (χ0n) is 12.5. The summed E-state index contributed by atoms with van der Waals surface area (Å²) in [6.07, 6.45) is 5.42. The first kappa shape index (κ1) is 16.0. The molecule has 1 atom stereocenters. The van der Waals surface area contributed by atoms with Crippen LogP contribution in [0.25, 0.3) is 0 Å². The van der Waals surface area contributed by atoms with Gasteiger partial charge in [-0.1, -0.05) is 31.4 Å². The normalized spacial score (nSPS) is 16.5. The second kappa shape index (κ2) is 7.60. The molecule has 0 unspecified atom stereocenters. The summed E-state index contributed by atoms with van der Waals surface area (Å²) in [5.74, 6) is -0.609. The van der Waals surface area contributed by atoms with Gasteiger partial charge in [0.05, 0.1) is 11.6 Å². The summed E-state index contributed by atoms with van der Waals surface area (Å²) < 4.78 is 0. The lowest BCUT2D eigenvalue weighted by Gasteiger charge is -2.23. The fourth-order valence-corrected chi connectivity index (χ4v) is 2.83. The first-order valence-electron chi connectivity index (χ1n) is 7.69. The molecule has 22 heavy (non-hydrogen) atoms. The van der Waals surface area contributed by atoms with Crippen LogP contribution in [0, 0.1) is 17.2 Å². The largest absolute Gasteiger partial charge is 0.368 e. The molecule has 5 heteroatoms. The number of benzene rings is 1. The van der Waals surface area contributed by atoms with Gasteiger partial charge in [0.2, 0.25) is 11.8 Å². The van der Waals surface area contributed by atoms with Crippen LogP contribution < -0.4 is 11.1 Å². The van der Waals surface area contributed by atoms with Crippen molar-refractivity contribution >= 4 is 11.8 Å². The first-order valence-corrected chi connectivity index (χ1v) is 7.69. The van der Waals surface area contributed by atoms with Crippen molar-refractivity contribution in [3.8, 4) is 6.07 Å². The van der Waals surface area contributed by atoms with Gasteiger partial charge in [0, 0.05) is 12.3 Å². The number of hydrogen-bond donors (Lipinski definition) is 2. The molecule has 3 N–H and O–H groups in total. The molecule has 1 aliphatic carbocycles. The summed E-state index contributed by atoms with van der Waals surface area (Å²) in [7, 11) is 0. The minimum atomic E-state index is -0.706. The van der Waals surface area contributed by atoms with E-state index in [0.717, 1.165) is 31.2 Å². The second-order valence-electron chi connectivity index (χ2n) is 5.81. The standard InChI is InChI=1S/C17H21N3O2/c18-11-13-8-6-12(7-9-13)10-15(16(19)21)20-17(22)14-4-2-1-3-5-14/h6-9,14-15H,1-5,10H2,(H2,19,21)(H,20,22)/t15-/m1/s1. The van der Waals surface area contributed by atoms with Crippen LogP contribution in [0.15, 0.2) is 24.3 Å². The van der Waals surface area contributed by atoms with E-state index >= 15 is 0 Å². The minimum Gasteiger partial charge on any atom is -0.368 e. The SMILES string of the molecule is N#Cc1ccc(C[C@@H](NC(=O)C2CCCCC2)C(N)=O)cc1. The van der Waals surface area contributed by atoms with Crippen LogP contribution in [0.5, 0.6) is 0 Å². The van der Waals surface area contributed by atoms with Crippen molar-refractivity contribution < 1.29 is 9.59 Å². The van der Waals surface area contributed by atoms with Crippen molar-refractivity contribution in [1.29, 1.82) is 5.26 Å². The molecule has 0 aromatic heterocycles. The predicted molar refractivity (Wildman–Crippen MR) is 82.6 cm³/mol. The number of nitrogens with two attached hydrogens (primary N) is 1. The quantitative estimate of drug-likeness (QED) is 0.865. The van der Waals surface area contributed by atoms with Gasteiger partial charge in [0.1, 0.15) is 6.04 Å². The zero-order valence-corrected chi connectivity index (χ0v) is 12.5. The van der Waals surface area contributed by atoms with Crippen LogP contribution in [0.1, 0.15) is 43.2 Å². The van der Waals surface area contributed by atoms with Gasteiger partial charge in [-0.05, 0) is 30.5 Å². The highest BCUT2D eigenvalue weighted by molar-refractivity contribution is 5.87. The molecule has 5 nitrogen and oxygen atoms in total. The van der Waals surface area contributed by atoms with Crippen molar-refractivity contribution in [3.05, 3.63) is 35.4 Å². The summed E-state index contributed by atoms with van der Waals surface area (Å²) in [4.78, 5) is 23.8. The molecule has 0 spiro atoms. The highest BCUT2D eigenvalue weighted by atomic mass is 16.2. The predicted octanol–water partition coefficient (Wildman–Crippen LogP) is 1.65. The number of rotatable bonds is 5. The first-order chi connectivity index (χ1) is 10.6. The Morgan fingerprint density at radius 3 is 2.41 bits per heavy atom. The molecular formula is C17H21N3O2. The van der Waals surface area contributed by atoms with Crippen LogP contribution in [0.2, 0.25) is 0 Å². The molecule has 116 valence electrons. The van der Waals surface area contributed by atoms with E-state index in [4.69, 9.17) is 11.0 Å². The minimum absolute atomic E-state index is 0.00318. The van der Waals surface area contributed by atoms with Gasteiger partial charge in [-0.3, -0.25) is 9.59 Å². The molecule has 1 fully saturated rings. The summed E-state index contributed by atoms with van der Waals surface area (Å²) in [6.45, 7) is 0. The molecule has 1 aromatic rings. The van der Waals surface area contributed by atoms with Crippen LogP contribution in [-0.2, 0) is 16.0 Å². The van der Waals surface area contributed by atoms with Crippen molar-refractivity contribution in [1.82, 2.24) is 5.32 Å². The van der Waals surface area contributed by atoms with E-state index in [0.29, 0.717) is 12.0 Å². The molecule has 1 aromatic carbocycles. The highest BCUT2D eigenvalue weighted by Crippen LogP contribution is 2.23. The summed E-state index contributed by atoms with van der Waals surface area (Å²) in [5.41, 5.74) is 6.84. The lowest BCUT2D eigenvalue weighted by molar-refractivity contribution is -0.130. The van der Waals surface area contributed by atoms with E-state index in [2.05, 4.69) is 5.32 Å². The van der Waals surface area contributed by atoms with Crippen LogP contribution >= 0.6 is 0 Å². The van der Waals surface area contributed by atoms with Gasteiger partial charge in [0.25, 0.3) is 0 Å². The number of amides is 2. The Morgan fingerprint density at radius 1 is 1.23 bits per heavy atom. The number of carbonyl (C=O) groups is 2. The van der Waals surface area contributed by atoms with Crippen molar-refractivity contribution in [2.24, 2.45) is 11.7 Å². The number of nitrogens with zero attached hydrogens (tertiary/aromatic N) is 1. The molecule has 0 aliphatic heterocycles. The van der Waals surface area contributed by atoms with E-state index in [9.17, 15) is 9.59 Å². The van der Waals surface area contributed by atoms with Gasteiger partial charge in [-0.25, -0.2) is 0 Å². The Bertz CT molecular complexity index is 569. The second-order valence-corrected chi connectivity index (χ2v) is 5.81. The molecule has 2 rings (SSSR count). The Labute approximate surface area is 130 Å². The average molecular weight is 299 g/mol. The number of carbonyl (C=O) groups excluding carboxylic acids is 2. The Balaban J connectivity index is 1.98. The Hall–Kier alpha value is -2.35. The third kappa shape index (κ3) is 4.32. The average Bonchev–Trinajstić information content (AvgIpc) is 2.55. The van der Waals surface area contributed by atoms with Gasteiger partial charge in [0.15, 0.2) is 0 Å². The van der Waals surface area contributed by atoms with Crippen LogP contribution in [0.4, 0.5) is 0 Å². The van der Waals surface area contributed by atoms with Crippen molar-refractivity contribution in [2.45, 2.75) is 44.6 Å². The molecule has 1 saturated carbocycles. The van der Waals surface area contributed by atoms with E-state index in [-0.39, 0.29) is 11.8 Å². The highest BCUT2D eigenvalue weighted by Gasteiger charge is 2.25. The van der Waals surface area contributed by atoms with Crippen molar-refractivity contribution in [3.63, 3.8) is 0 Å². The maximum atomic E-state index is 12.2. The van der Waals surface area contributed by atoms with Gasteiger partial charge >= 0.3 is 0 Å². The molecule has 1 aliphatic rings. The van der Waals surface area contributed by atoms with E-state index in [1.807, 2.05) is 6.07 Å². The van der Waals surface area contributed by atoms with E-state index in [1.165, 1.54) is 6.42 Å². The Kier molecular flexibility index (Phi) is 5.54. The molecule has 0 saturated heterocycles. The maximum Gasteiger partial charge on any atom is 0.240 e. The molecule has 2 amide bonds. The zero-order chi connectivity index (χ0) is 15.9. The lowest BCUT2D eigenvalue weighted by atomic mass is 9.88. The summed E-state index contributed by atoms with van der Waals surface area (Å²) >= 11 is 0. The van der Waals surface area contributed by atoms with Gasteiger partial charge < -0.3 is 11.1 Å². The smallest absolute Gasteiger partial charge is 0.240 e. The number of primary amides is 1. The van der Waals surface area contributed by atoms with Gasteiger partial charge in [-0.2, -0.15) is 5.26 Å². The summed E-state index contributed by atoms with van der Waals surface area (Å²) in [5, 5.41) is 11.6. The number of nitrogens with one attached hydrogen (secondary N) is 1. The third-order valence-corrected chi connectivity index (χ3v) is 4.16. The Morgan fingerprint density at radius 2 is 1.86 bits per heavy atom. The summed E-state index contributed by atoms with van der Waals surface area (Å²) in [6, 6.07) is 8.28. The maximum absolute atomic E-state index is 12.2. The molecule has 0 heterocycles. The van der Waals surface area contributed by atoms with E-state index in [1.54, 1.807) is 24.3 Å². The van der Waals surface area contributed by atoms with Gasteiger partial charge in [-0.15, -0.1) is 0 Å². The molecular weight excluding hydrogens is 278 g/mol. The fraction of sp³-hybridized carbons (Fsp3) is 0.471. The van der Waals surface area contributed by atoms with Crippen molar-refractivity contribution in [2.75, 3.05) is 0 Å². The molecule has 0 bridgehead atoms. The number of nitriles is 1. The molecule has 0 radical (unpaired) electrons. The lowest BCUT2D eigenvalue weighted by Crippen LogP contribution is -2.48. The monoisotopic (exact) mass is 299 g/mol. The van der Waals surface area contributed by atoms with Crippen LogP contribution in [0.3, 0.4) is 0 Å².